The first-order valence-corrected chi connectivity index (χ1v) is 7.73. The summed E-state index contributed by atoms with van der Waals surface area (Å²) in [5.74, 6) is -0.630. The number of likely N-dealkylation sites (tertiary alicyclic amines) is 1. The summed E-state index contributed by atoms with van der Waals surface area (Å²) in [7, 11) is 0. The van der Waals surface area contributed by atoms with E-state index in [1.165, 1.54) is 16.7 Å². The van der Waals surface area contributed by atoms with Gasteiger partial charge in [0, 0.05) is 6.54 Å². The molecule has 0 radical (unpaired) electrons. The highest BCUT2D eigenvalue weighted by atomic mass is 32.2. The van der Waals surface area contributed by atoms with Gasteiger partial charge in [-0.1, -0.05) is 6.07 Å². The number of thioether (sulfide) groups is 1. The van der Waals surface area contributed by atoms with Gasteiger partial charge in [0.05, 0.1) is 9.96 Å². The number of amides is 1. The van der Waals surface area contributed by atoms with Crippen molar-refractivity contribution in [3.8, 4) is 0 Å². The summed E-state index contributed by atoms with van der Waals surface area (Å²) in [4.78, 5) is 24.7. The van der Waals surface area contributed by atoms with Gasteiger partial charge in [-0.25, -0.2) is 4.79 Å². The number of aliphatic carboxylic acids is 1. The number of rotatable bonds is 4. The number of hydrogen-bond donors (Lipinski definition) is 1. The molecule has 0 aromatic carbocycles. The van der Waals surface area contributed by atoms with Gasteiger partial charge < -0.3 is 10.0 Å². The molecule has 6 heteroatoms. The topological polar surface area (TPSA) is 57.6 Å². The number of piperidine rings is 1. The summed E-state index contributed by atoms with van der Waals surface area (Å²) in [6.45, 7) is 0.570. The number of carboxylic acid groups (broad SMARTS) is 1. The fourth-order valence-electron chi connectivity index (χ4n) is 2.05. The van der Waals surface area contributed by atoms with Gasteiger partial charge in [-0.05, 0) is 30.7 Å². The lowest BCUT2D eigenvalue weighted by Gasteiger charge is -2.32. The molecule has 0 unspecified atom stereocenters. The van der Waals surface area contributed by atoms with Crippen molar-refractivity contribution in [1.29, 1.82) is 0 Å². The van der Waals surface area contributed by atoms with Gasteiger partial charge in [-0.15, -0.1) is 23.1 Å². The third kappa shape index (κ3) is 3.26. The summed E-state index contributed by atoms with van der Waals surface area (Å²) in [5, 5.41) is 11.1. The third-order valence-electron chi connectivity index (χ3n) is 2.94. The molecule has 4 nitrogen and oxygen atoms in total. The Balaban J connectivity index is 1.92. The molecule has 1 fully saturated rings. The first-order chi connectivity index (χ1) is 8.68. The van der Waals surface area contributed by atoms with E-state index in [1.54, 1.807) is 11.3 Å². The summed E-state index contributed by atoms with van der Waals surface area (Å²) >= 11 is 3.07. The Morgan fingerprint density at radius 3 is 3.00 bits per heavy atom. The Kier molecular flexibility index (Phi) is 4.66. The Labute approximate surface area is 114 Å². The van der Waals surface area contributed by atoms with Crippen LogP contribution in [0.15, 0.2) is 21.7 Å². The van der Waals surface area contributed by atoms with Crippen molar-refractivity contribution >= 4 is 35.0 Å². The zero-order valence-electron chi connectivity index (χ0n) is 9.87. The van der Waals surface area contributed by atoms with Crippen LogP contribution in [0.5, 0.6) is 0 Å². The van der Waals surface area contributed by atoms with E-state index in [4.69, 9.17) is 5.11 Å². The number of thiophene rings is 1. The average molecular weight is 285 g/mol. The second kappa shape index (κ2) is 6.24. The largest absolute Gasteiger partial charge is 0.480 e. The molecule has 1 saturated heterocycles. The molecule has 0 saturated carbocycles. The normalized spacial score (nSPS) is 19.8. The number of hydrogen-bond acceptors (Lipinski definition) is 4. The van der Waals surface area contributed by atoms with Crippen LogP contribution >= 0.6 is 23.1 Å². The maximum absolute atomic E-state index is 12.1. The molecule has 1 aliphatic rings. The maximum Gasteiger partial charge on any atom is 0.326 e. The second-order valence-electron chi connectivity index (χ2n) is 4.16. The zero-order valence-corrected chi connectivity index (χ0v) is 11.5. The quantitative estimate of drug-likeness (QED) is 0.862. The van der Waals surface area contributed by atoms with Gasteiger partial charge in [0.25, 0.3) is 0 Å². The summed E-state index contributed by atoms with van der Waals surface area (Å²) in [6, 6.07) is 3.28. The molecule has 2 rings (SSSR count). The molecule has 0 aliphatic carbocycles. The van der Waals surface area contributed by atoms with Crippen molar-refractivity contribution in [2.75, 3.05) is 12.3 Å². The standard InChI is InChI=1S/C12H15NO3S2/c14-10(8-18-11-5-3-7-17-11)13-6-2-1-4-9(13)12(15)16/h3,5,7,9H,1-2,4,6,8H2,(H,15,16)/t9-/m1/s1. The van der Waals surface area contributed by atoms with Crippen LogP contribution in [0.3, 0.4) is 0 Å². The monoisotopic (exact) mass is 285 g/mol. The molecule has 1 aliphatic heterocycles. The Bertz CT molecular complexity index is 419. The second-order valence-corrected chi connectivity index (χ2v) is 6.38. The third-order valence-corrected chi connectivity index (χ3v) is 5.06. The number of carbonyl (C=O) groups is 2. The minimum atomic E-state index is -0.885. The lowest BCUT2D eigenvalue weighted by atomic mass is 10.0. The van der Waals surface area contributed by atoms with Crippen molar-refractivity contribution in [2.24, 2.45) is 0 Å². The van der Waals surface area contributed by atoms with Crippen LogP contribution in [0.25, 0.3) is 0 Å². The molecule has 1 N–H and O–H groups in total. The molecule has 0 spiro atoms. The van der Waals surface area contributed by atoms with E-state index in [1.807, 2.05) is 17.5 Å². The molecule has 2 heterocycles. The predicted molar refractivity (Wildman–Crippen MR) is 72.0 cm³/mol. The van der Waals surface area contributed by atoms with E-state index in [0.717, 1.165) is 17.1 Å². The smallest absolute Gasteiger partial charge is 0.326 e. The van der Waals surface area contributed by atoms with Crippen LogP contribution in [0.1, 0.15) is 19.3 Å². The van der Waals surface area contributed by atoms with Gasteiger partial charge in [0.2, 0.25) is 5.91 Å². The lowest BCUT2D eigenvalue weighted by molar-refractivity contribution is -0.150. The van der Waals surface area contributed by atoms with Crippen molar-refractivity contribution in [1.82, 2.24) is 4.90 Å². The minimum Gasteiger partial charge on any atom is -0.480 e. The number of carboxylic acids is 1. The first kappa shape index (κ1) is 13.4. The average Bonchev–Trinajstić information content (AvgIpc) is 2.89. The molecule has 18 heavy (non-hydrogen) atoms. The molecule has 1 aromatic rings. The van der Waals surface area contributed by atoms with Gasteiger partial charge in [0.15, 0.2) is 0 Å². The van der Waals surface area contributed by atoms with Gasteiger partial charge >= 0.3 is 5.97 Å². The molecule has 0 bridgehead atoms. The summed E-state index contributed by atoms with van der Waals surface area (Å²) < 4.78 is 1.09. The fourth-order valence-corrected chi connectivity index (χ4v) is 3.72. The Morgan fingerprint density at radius 2 is 2.33 bits per heavy atom. The molecule has 1 aromatic heterocycles. The molecule has 98 valence electrons. The van der Waals surface area contributed by atoms with Crippen LogP contribution in [-0.4, -0.2) is 40.2 Å². The highest BCUT2D eigenvalue weighted by molar-refractivity contribution is 8.01. The van der Waals surface area contributed by atoms with Gasteiger partial charge in [0.1, 0.15) is 6.04 Å². The van der Waals surface area contributed by atoms with Gasteiger partial charge in [-0.2, -0.15) is 0 Å². The predicted octanol–water partition coefficient (Wildman–Crippen LogP) is 2.31. The van der Waals surface area contributed by atoms with E-state index in [2.05, 4.69) is 0 Å². The summed E-state index contributed by atoms with van der Waals surface area (Å²) in [6.07, 6.45) is 2.36. The van der Waals surface area contributed by atoms with E-state index in [9.17, 15) is 9.59 Å². The fraction of sp³-hybridized carbons (Fsp3) is 0.500. The lowest BCUT2D eigenvalue weighted by Crippen LogP contribution is -2.48. The van der Waals surface area contributed by atoms with E-state index >= 15 is 0 Å². The Hall–Kier alpha value is -1.01. The zero-order chi connectivity index (χ0) is 13.0. The van der Waals surface area contributed by atoms with E-state index in [-0.39, 0.29) is 5.91 Å². The maximum atomic E-state index is 12.1. The van der Waals surface area contributed by atoms with Crippen molar-refractivity contribution in [3.63, 3.8) is 0 Å². The molecule has 1 amide bonds. The van der Waals surface area contributed by atoms with Crippen LogP contribution < -0.4 is 0 Å². The minimum absolute atomic E-state index is 0.0690. The number of nitrogens with zero attached hydrogens (tertiary/aromatic N) is 1. The van der Waals surface area contributed by atoms with Crippen molar-refractivity contribution in [3.05, 3.63) is 17.5 Å². The first-order valence-electron chi connectivity index (χ1n) is 5.87. The highest BCUT2D eigenvalue weighted by Crippen LogP contribution is 2.25. The van der Waals surface area contributed by atoms with E-state index in [0.29, 0.717) is 18.7 Å². The van der Waals surface area contributed by atoms with Crippen molar-refractivity contribution < 1.29 is 14.7 Å². The highest BCUT2D eigenvalue weighted by Gasteiger charge is 2.31. The molecular weight excluding hydrogens is 270 g/mol. The SMILES string of the molecule is O=C(O)[C@H]1CCCCN1C(=O)CSc1cccs1. The van der Waals surface area contributed by atoms with Crippen LogP contribution in [-0.2, 0) is 9.59 Å². The van der Waals surface area contributed by atoms with E-state index < -0.39 is 12.0 Å². The molecular formula is C12H15NO3S2. The van der Waals surface area contributed by atoms with Crippen LogP contribution in [0, 0.1) is 0 Å². The molecule has 1 atom stereocenters. The van der Waals surface area contributed by atoms with Crippen LogP contribution in [0.2, 0.25) is 0 Å². The van der Waals surface area contributed by atoms with Crippen LogP contribution in [0.4, 0.5) is 0 Å². The number of carbonyl (C=O) groups excluding carboxylic acids is 1. The Morgan fingerprint density at radius 1 is 1.50 bits per heavy atom. The van der Waals surface area contributed by atoms with Gasteiger partial charge in [-0.3, -0.25) is 4.79 Å². The summed E-state index contributed by atoms with van der Waals surface area (Å²) in [5.41, 5.74) is 0. The van der Waals surface area contributed by atoms with Crippen molar-refractivity contribution in [2.45, 2.75) is 29.5 Å².